The first-order chi connectivity index (χ1) is 9.13. The molecule has 1 aliphatic carbocycles. The summed E-state index contributed by atoms with van der Waals surface area (Å²) in [6, 6.07) is 0. The lowest BCUT2D eigenvalue weighted by molar-refractivity contribution is -0.119. The van der Waals surface area contributed by atoms with Gasteiger partial charge < -0.3 is 15.7 Å². The van der Waals surface area contributed by atoms with Crippen LogP contribution in [0, 0.1) is 11.8 Å². The van der Waals surface area contributed by atoms with Crippen LogP contribution in [-0.4, -0.2) is 41.7 Å². The second-order valence-corrected chi connectivity index (χ2v) is 6.48. The summed E-state index contributed by atoms with van der Waals surface area (Å²) in [5, 5.41) is 10.2. The van der Waals surface area contributed by atoms with Crippen molar-refractivity contribution in [2.45, 2.75) is 57.5 Å². The molecule has 1 saturated heterocycles. The van der Waals surface area contributed by atoms with E-state index in [1.54, 1.807) is 0 Å². The molecule has 1 saturated carbocycles. The first kappa shape index (κ1) is 14.8. The maximum absolute atomic E-state index is 11.0. The number of likely N-dealkylation sites (tertiary alicyclic amines) is 1. The molecular weight excluding hydrogens is 240 g/mol. The van der Waals surface area contributed by atoms with Gasteiger partial charge >= 0.3 is 0 Å². The number of carbonyl (C=O) groups is 1. The molecule has 2 atom stereocenters. The lowest BCUT2D eigenvalue weighted by Gasteiger charge is -2.33. The number of aliphatic hydroxyl groups excluding tert-OH is 1. The quantitative estimate of drug-likeness (QED) is 0.767. The fraction of sp³-hybridized carbons (Fsp3) is 0.933. The molecule has 1 aliphatic heterocycles. The summed E-state index contributed by atoms with van der Waals surface area (Å²) < 4.78 is 0. The Hall–Kier alpha value is -0.610. The predicted octanol–water partition coefficient (Wildman–Crippen LogP) is 1.51. The van der Waals surface area contributed by atoms with Gasteiger partial charge in [-0.3, -0.25) is 4.79 Å². The van der Waals surface area contributed by atoms with E-state index in [1.165, 1.54) is 25.7 Å². The van der Waals surface area contributed by atoms with Crippen LogP contribution in [0.4, 0.5) is 0 Å². The van der Waals surface area contributed by atoms with Crippen molar-refractivity contribution in [2.75, 3.05) is 19.6 Å². The Labute approximate surface area is 116 Å². The number of hydrogen-bond acceptors (Lipinski definition) is 3. The van der Waals surface area contributed by atoms with Crippen molar-refractivity contribution < 1.29 is 9.90 Å². The van der Waals surface area contributed by atoms with Crippen LogP contribution < -0.4 is 5.73 Å². The van der Waals surface area contributed by atoms with Crippen LogP contribution in [0.3, 0.4) is 0 Å². The third-order valence-electron chi connectivity index (χ3n) is 4.64. The molecule has 2 fully saturated rings. The summed E-state index contributed by atoms with van der Waals surface area (Å²) in [6.07, 6.45) is 8.72. The van der Waals surface area contributed by atoms with E-state index in [0.717, 1.165) is 44.8 Å². The van der Waals surface area contributed by atoms with Gasteiger partial charge in [0, 0.05) is 19.5 Å². The fourth-order valence-electron chi connectivity index (χ4n) is 3.77. The minimum absolute atomic E-state index is 0.196. The van der Waals surface area contributed by atoms with Crippen molar-refractivity contribution in [2.24, 2.45) is 17.6 Å². The van der Waals surface area contributed by atoms with Gasteiger partial charge in [0.2, 0.25) is 5.91 Å². The summed E-state index contributed by atoms with van der Waals surface area (Å²) >= 11 is 0. The van der Waals surface area contributed by atoms with E-state index in [-0.39, 0.29) is 12.0 Å². The van der Waals surface area contributed by atoms with E-state index in [9.17, 15) is 9.90 Å². The van der Waals surface area contributed by atoms with E-state index in [2.05, 4.69) is 4.90 Å². The van der Waals surface area contributed by atoms with Gasteiger partial charge in [0.05, 0.1) is 6.10 Å². The molecule has 0 unspecified atom stereocenters. The summed E-state index contributed by atoms with van der Waals surface area (Å²) in [5.74, 6) is 0.935. The van der Waals surface area contributed by atoms with Crippen molar-refractivity contribution in [1.29, 1.82) is 0 Å². The third-order valence-corrected chi connectivity index (χ3v) is 4.64. The van der Waals surface area contributed by atoms with Crippen LogP contribution in [0.25, 0.3) is 0 Å². The van der Waals surface area contributed by atoms with Gasteiger partial charge in [0.25, 0.3) is 0 Å². The molecule has 2 rings (SSSR count). The molecular formula is C15H28N2O2. The maximum Gasteiger partial charge on any atom is 0.217 e. The number of carbonyl (C=O) groups excluding carboxylic acids is 1. The van der Waals surface area contributed by atoms with Gasteiger partial charge in [0.15, 0.2) is 0 Å². The standard InChI is InChI=1S/C15H28N2O2/c16-15(19)9-13-6-3-7-17(10-13)11-14(18)8-12-4-1-2-5-12/h12-14,18H,1-11H2,(H2,16,19)/t13-,14-/m0/s1. The zero-order valence-electron chi connectivity index (χ0n) is 11.9. The van der Waals surface area contributed by atoms with Crippen LogP contribution >= 0.6 is 0 Å². The van der Waals surface area contributed by atoms with Crippen molar-refractivity contribution in [1.82, 2.24) is 4.90 Å². The molecule has 0 spiro atoms. The highest BCUT2D eigenvalue weighted by Gasteiger charge is 2.25. The van der Waals surface area contributed by atoms with Crippen LogP contribution in [0.15, 0.2) is 0 Å². The molecule has 0 aromatic rings. The smallest absolute Gasteiger partial charge is 0.217 e. The average Bonchev–Trinajstić information content (AvgIpc) is 2.81. The molecule has 0 aromatic carbocycles. The number of β-amino-alcohol motifs (C(OH)–C–C–N with tert-alkyl or cyclic N) is 1. The molecule has 110 valence electrons. The van der Waals surface area contributed by atoms with E-state index in [4.69, 9.17) is 5.73 Å². The summed E-state index contributed by atoms with van der Waals surface area (Å²) in [4.78, 5) is 13.3. The molecule has 19 heavy (non-hydrogen) atoms. The lowest BCUT2D eigenvalue weighted by Crippen LogP contribution is -2.41. The van der Waals surface area contributed by atoms with Crippen LogP contribution in [0.1, 0.15) is 51.4 Å². The van der Waals surface area contributed by atoms with Crippen LogP contribution in [-0.2, 0) is 4.79 Å². The van der Waals surface area contributed by atoms with Gasteiger partial charge in [0.1, 0.15) is 0 Å². The number of nitrogens with zero attached hydrogens (tertiary/aromatic N) is 1. The van der Waals surface area contributed by atoms with Crippen molar-refractivity contribution in [3.8, 4) is 0 Å². The zero-order valence-corrected chi connectivity index (χ0v) is 11.9. The highest BCUT2D eigenvalue weighted by molar-refractivity contribution is 5.74. The first-order valence-electron chi connectivity index (χ1n) is 7.82. The number of piperidine rings is 1. The topological polar surface area (TPSA) is 66.6 Å². The minimum Gasteiger partial charge on any atom is -0.392 e. The summed E-state index contributed by atoms with van der Waals surface area (Å²) in [7, 11) is 0. The Kier molecular flexibility index (Phi) is 5.64. The van der Waals surface area contributed by atoms with Gasteiger partial charge in [-0.25, -0.2) is 0 Å². The number of aliphatic hydroxyl groups is 1. The summed E-state index contributed by atoms with van der Waals surface area (Å²) in [6.45, 7) is 2.74. The highest BCUT2D eigenvalue weighted by atomic mass is 16.3. The Morgan fingerprint density at radius 2 is 1.89 bits per heavy atom. The number of nitrogens with two attached hydrogens (primary N) is 1. The normalized spacial score (nSPS) is 27.5. The second-order valence-electron chi connectivity index (χ2n) is 6.48. The second kappa shape index (κ2) is 7.25. The molecule has 3 N–H and O–H groups in total. The highest BCUT2D eigenvalue weighted by Crippen LogP contribution is 2.29. The third kappa shape index (κ3) is 5.11. The first-order valence-corrected chi connectivity index (χ1v) is 7.82. The molecule has 2 aliphatic rings. The molecule has 0 aromatic heterocycles. The summed E-state index contributed by atoms with van der Waals surface area (Å²) in [5.41, 5.74) is 5.27. The zero-order chi connectivity index (χ0) is 13.7. The maximum atomic E-state index is 11.0. The van der Waals surface area contributed by atoms with E-state index in [0.29, 0.717) is 12.3 Å². The molecule has 0 bridgehead atoms. The van der Waals surface area contributed by atoms with Crippen LogP contribution in [0.2, 0.25) is 0 Å². The largest absolute Gasteiger partial charge is 0.392 e. The molecule has 0 radical (unpaired) electrons. The Morgan fingerprint density at radius 3 is 2.58 bits per heavy atom. The fourth-order valence-corrected chi connectivity index (χ4v) is 3.77. The Morgan fingerprint density at radius 1 is 1.21 bits per heavy atom. The average molecular weight is 268 g/mol. The minimum atomic E-state index is -0.199. The molecule has 1 heterocycles. The van der Waals surface area contributed by atoms with E-state index >= 15 is 0 Å². The Balaban J connectivity index is 1.70. The van der Waals surface area contributed by atoms with Crippen molar-refractivity contribution in [3.63, 3.8) is 0 Å². The number of primary amides is 1. The number of hydrogen-bond donors (Lipinski definition) is 2. The lowest BCUT2D eigenvalue weighted by atomic mass is 9.93. The van der Waals surface area contributed by atoms with E-state index < -0.39 is 0 Å². The van der Waals surface area contributed by atoms with Gasteiger partial charge in [-0.15, -0.1) is 0 Å². The SMILES string of the molecule is NC(=O)C[C@@H]1CCCN(C[C@@H](O)CC2CCCC2)C1. The van der Waals surface area contributed by atoms with Crippen LogP contribution in [0.5, 0.6) is 0 Å². The monoisotopic (exact) mass is 268 g/mol. The predicted molar refractivity (Wildman–Crippen MR) is 75.6 cm³/mol. The van der Waals surface area contributed by atoms with Crippen molar-refractivity contribution >= 4 is 5.91 Å². The molecule has 4 nitrogen and oxygen atoms in total. The Bertz CT molecular complexity index is 290. The van der Waals surface area contributed by atoms with Crippen molar-refractivity contribution in [3.05, 3.63) is 0 Å². The van der Waals surface area contributed by atoms with Gasteiger partial charge in [-0.1, -0.05) is 25.7 Å². The molecule has 4 heteroatoms. The number of rotatable bonds is 6. The van der Waals surface area contributed by atoms with Gasteiger partial charge in [-0.2, -0.15) is 0 Å². The van der Waals surface area contributed by atoms with E-state index in [1.807, 2.05) is 0 Å². The molecule has 1 amide bonds. The van der Waals surface area contributed by atoms with Gasteiger partial charge in [-0.05, 0) is 37.6 Å². The number of amides is 1.